The molecule has 728 valence electrons. The Bertz CT molecular complexity index is 4960. The number of aliphatic hydroxyl groups excluding tert-OH is 1. The molecule has 43 heteroatoms. The molecule has 2 heterocycles. The highest BCUT2D eigenvalue weighted by atomic mass is 33.1. The molecule has 28 N–H and O–H groups in total. The number of amides is 18. The number of para-hydroxylation sites is 1. The van der Waals surface area contributed by atoms with Crippen LogP contribution in [0, 0.1) is 12.8 Å². The van der Waals surface area contributed by atoms with Crippen LogP contribution >= 0.6 is 21.6 Å². The number of aryl methyl sites for hydroxylation is 1. The minimum absolute atomic E-state index is 0.00911. The summed E-state index contributed by atoms with van der Waals surface area (Å²) in [6.07, 6.45) is -2.92. The molecule has 0 bridgehead atoms. The van der Waals surface area contributed by atoms with E-state index >= 15 is 28.8 Å². The number of unbranched alkanes of at least 4 members (excludes halogenated alkanes) is 3. The van der Waals surface area contributed by atoms with Crippen LogP contribution in [0.15, 0.2) is 91.1 Å². The Morgan fingerprint density at radius 1 is 0.556 bits per heavy atom. The van der Waals surface area contributed by atoms with Gasteiger partial charge in [-0.05, 0) is 171 Å². The number of Topliss-reactive ketones (excluding diaryl/α,β-unsaturated/α-hetero) is 1. The minimum Gasteiger partial charge on any atom is -0.492 e. The first-order valence-corrected chi connectivity index (χ1v) is 46.3. The molecule has 41 nitrogen and oxygen atoms in total. The van der Waals surface area contributed by atoms with Crippen molar-refractivity contribution in [3.63, 3.8) is 0 Å². The van der Waals surface area contributed by atoms with Gasteiger partial charge >= 0.3 is 6.03 Å². The number of urea groups is 1. The summed E-state index contributed by atoms with van der Waals surface area (Å²) in [4.78, 5) is 259. The fourth-order valence-electron chi connectivity index (χ4n) is 14.9. The van der Waals surface area contributed by atoms with Gasteiger partial charge in [0.1, 0.15) is 72.3 Å². The molecule has 0 saturated carbocycles. The molecule has 4 aromatic carbocycles. The monoisotopic (exact) mass is 1890 g/mol. The first-order chi connectivity index (χ1) is 62.7. The number of primary amides is 4. The maximum absolute atomic E-state index is 16.4. The predicted molar refractivity (Wildman–Crippen MR) is 500 cm³/mol. The van der Waals surface area contributed by atoms with E-state index in [1.807, 2.05) is 31.2 Å². The molecule has 1 saturated heterocycles. The number of aliphatic hydroxyl groups is 1. The summed E-state index contributed by atoms with van der Waals surface area (Å²) in [6.45, 7) is 14.8. The van der Waals surface area contributed by atoms with E-state index in [-0.39, 0.29) is 135 Å². The first kappa shape index (κ1) is 109. The van der Waals surface area contributed by atoms with Gasteiger partial charge in [0.05, 0.1) is 24.5 Å². The second-order valence-corrected chi connectivity index (χ2v) is 38.0. The van der Waals surface area contributed by atoms with Gasteiger partial charge in [0, 0.05) is 106 Å². The van der Waals surface area contributed by atoms with Crippen molar-refractivity contribution >= 4 is 150 Å². The quantitative estimate of drug-likeness (QED) is 0.0165. The predicted octanol–water partition coefficient (Wildman–Crippen LogP) is -0.927. The van der Waals surface area contributed by atoms with Gasteiger partial charge in [-0.15, -0.1) is 0 Å². The Hall–Kier alpha value is -12.5. The van der Waals surface area contributed by atoms with Crippen molar-refractivity contribution in [3.8, 4) is 5.75 Å². The molecule has 18 amide bonds. The highest BCUT2D eigenvalue weighted by Crippen LogP contribution is 2.47. The van der Waals surface area contributed by atoms with E-state index in [0.29, 0.717) is 38.7 Å². The van der Waals surface area contributed by atoms with Gasteiger partial charge in [0.15, 0.2) is 5.78 Å². The Balaban J connectivity index is 1.53. The van der Waals surface area contributed by atoms with Crippen molar-refractivity contribution in [3.05, 3.63) is 113 Å². The van der Waals surface area contributed by atoms with Crippen molar-refractivity contribution in [1.29, 1.82) is 0 Å². The third kappa shape index (κ3) is 35.5. The van der Waals surface area contributed by atoms with Crippen LogP contribution in [0.25, 0.3) is 21.7 Å². The number of nitrogens with two attached hydrogens (primary N) is 6. The number of rotatable bonds is 47. The molecule has 1 aliphatic heterocycles. The van der Waals surface area contributed by atoms with Gasteiger partial charge in [-0.2, -0.15) is 0 Å². The third-order valence-corrected chi connectivity index (χ3v) is 26.5. The lowest BCUT2D eigenvalue weighted by Gasteiger charge is -2.39. The SMILES string of the molecule is CC(=O)NCCCC[C@H](NC(=O)[C@](C)(CCCCN)NC(=O)[C@H](Cc1ccc2ccccc2c1)NC(=O)[C@H](Cc1ccc(OCCN)cc1)NC(=O)[C@H]1NC(=O)[C@H](CCCCNC(C)=O)NC(=O)[C@H](Cc2c[nH]c3c(C)cccc23)NC(=O)[C@H]([C@@H](C)O)NC(=O)[C@H](CC(N)=O)NC(=O)[C@@H](NC(C)=O)C(C)(C)SSC1(C)C)C(=O)C[C@@H](CC(N)=O)C(=O)N[C@@H](CCCNC(N)=O)C(N)=O. The van der Waals surface area contributed by atoms with Crippen LogP contribution in [-0.2, 0) is 101 Å². The van der Waals surface area contributed by atoms with Crippen LogP contribution in [0.2, 0.25) is 0 Å². The van der Waals surface area contributed by atoms with Crippen molar-refractivity contribution in [2.75, 3.05) is 39.3 Å². The summed E-state index contributed by atoms with van der Waals surface area (Å²) in [5, 5.41) is 50.8. The van der Waals surface area contributed by atoms with Crippen molar-refractivity contribution in [2.24, 2.45) is 40.3 Å². The Labute approximate surface area is 779 Å². The number of hydrogen-bond acceptors (Lipinski definition) is 24. The van der Waals surface area contributed by atoms with Crippen molar-refractivity contribution in [1.82, 2.24) is 79.4 Å². The lowest BCUT2D eigenvalue weighted by molar-refractivity contribution is -0.138. The van der Waals surface area contributed by atoms with E-state index in [4.69, 9.17) is 39.1 Å². The lowest BCUT2D eigenvalue weighted by Crippen LogP contribution is -2.65. The summed E-state index contributed by atoms with van der Waals surface area (Å²) in [7, 11) is 1.80. The molecule has 1 fully saturated rings. The van der Waals surface area contributed by atoms with Crippen molar-refractivity contribution in [2.45, 2.75) is 260 Å². The summed E-state index contributed by atoms with van der Waals surface area (Å²) < 4.78 is 2.56. The largest absolute Gasteiger partial charge is 0.492 e. The molecular formula is C90H131N21O20S2. The van der Waals surface area contributed by atoms with Crippen molar-refractivity contribution < 1.29 is 96.1 Å². The fourth-order valence-corrected chi connectivity index (χ4v) is 17.8. The fraction of sp³-hybridized carbons (Fsp3) is 0.533. The summed E-state index contributed by atoms with van der Waals surface area (Å²) in [5.74, 6) is -17.1. The standard InChI is InChI=1S/C90H131N21O20S2/c1-49-21-19-24-61-59(48-100-72(49)61)44-67-80(123)103-64(26-14-18-38-98-52(4)114)78(121)110-75(89(8,9)133-132-88(6,7)74(101-53(5)115)84(127)107-68(47-71(94)118)81(124)109-73(50(2)112)83(126)105-67)85(128)106-65(42-54-29-32-60(33-30-54)131-40-36-92)79(122)104-66(43-55-28-31-56-22-11-12-23-57(56)41-55)82(125)111-90(10,34-15-16-35-91)86(129)108-62(25-13-17-37-97-51(3)113)69(116)45-58(46-70(93)117)77(120)102-63(76(95)119)27-20-39-99-87(96)130/h11-12,19,21-24,28-33,41,48,50,58,62-68,73-75,100,112H,13-18,20,25-27,34-40,42-47,91-92H2,1-10H3,(H2,93,117)(H2,94,118)(H2,95,119)(H,97,113)(H,98,114)(H,101,115)(H,102,120)(H,103,123)(H,104,122)(H,105,126)(H,106,128)(H,107,127)(H,108,129)(H,109,124)(H,110,121)(H,111,125)(H3,96,99,130)/t50-,58+,62+,63+,64+,65+,66+,67+,68+,73+,74-,75-,90+/m1/s1. The second-order valence-electron chi connectivity index (χ2n) is 34.5. The van der Waals surface area contributed by atoms with Gasteiger partial charge in [-0.1, -0.05) is 94.4 Å². The van der Waals surface area contributed by atoms with Gasteiger partial charge in [-0.3, -0.25) is 81.5 Å². The first-order valence-electron chi connectivity index (χ1n) is 44.2. The number of carbonyl (C=O) groups is 18. The van der Waals surface area contributed by atoms with E-state index in [0.717, 1.165) is 46.4 Å². The molecule has 0 aliphatic carbocycles. The number of fused-ring (bicyclic) bond motifs is 2. The number of ketones is 1. The molecule has 133 heavy (non-hydrogen) atoms. The number of ether oxygens (including phenoxy) is 1. The topological polar surface area (TPSA) is 677 Å². The van der Waals surface area contributed by atoms with Crippen LogP contribution in [0.1, 0.15) is 174 Å². The van der Waals surface area contributed by atoms with E-state index in [1.165, 1.54) is 48.5 Å². The van der Waals surface area contributed by atoms with E-state index in [2.05, 4.69) is 79.4 Å². The number of nitrogens with one attached hydrogen (secondary N) is 15. The maximum Gasteiger partial charge on any atom is 0.312 e. The molecule has 1 aromatic heterocycles. The molecule has 1 aliphatic rings. The van der Waals surface area contributed by atoms with Gasteiger partial charge < -0.3 is 124 Å². The van der Waals surface area contributed by atoms with Crippen LogP contribution in [0.5, 0.6) is 5.75 Å². The number of carbonyl (C=O) groups excluding carboxylic acids is 18. The lowest BCUT2D eigenvalue weighted by atomic mass is 9.89. The molecule has 13 atom stereocenters. The Kier molecular flexibility index (Phi) is 43.3. The van der Waals surface area contributed by atoms with Gasteiger partial charge in [-0.25, -0.2) is 4.79 Å². The van der Waals surface area contributed by atoms with Gasteiger partial charge in [0.25, 0.3) is 0 Å². The molecule has 6 rings (SSSR count). The number of aromatic nitrogens is 1. The molecular weight excluding hydrogens is 1760 g/mol. The molecule has 0 unspecified atom stereocenters. The number of benzene rings is 4. The Morgan fingerprint density at radius 2 is 1.15 bits per heavy atom. The second kappa shape index (κ2) is 52.7. The van der Waals surface area contributed by atoms with E-state index < -0.39 is 208 Å². The normalized spacial score (nSPS) is 19.0. The minimum atomic E-state index is -2.03. The molecule has 0 spiro atoms. The zero-order valence-corrected chi connectivity index (χ0v) is 78.5. The number of aromatic amines is 1. The smallest absolute Gasteiger partial charge is 0.312 e. The highest BCUT2D eigenvalue weighted by Gasteiger charge is 2.47. The zero-order chi connectivity index (χ0) is 98.6. The summed E-state index contributed by atoms with van der Waals surface area (Å²) in [6, 6.07) is 6.43. The zero-order valence-electron chi connectivity index (χ0n) is 76.8. The summed E-state index contributed by atoms with van der Waals surface area (Å²) >= 11 is 0. The third-order valence-electron chi connectivity index (χ3n) is 22.3. The maximum atomic E-state index is 16.4. The number of H-pyrrole nitrogens is 1. The van der Waals surface area contributed by atoms with E-state index in [9.17, 15) is 62.6 Å². The summed E-state index contributed by atoms with van der Waals surface area (Å²) in [5.41, 5.74) is 34.8. The highest BCUT2D eigenvalue weighted by molar-refractivity contribution is 8.77. The average Bonchev–Trinajstić information content (AvgIpc) is 1.77. The van der Waals surface area contributed by atoms with Gasteiger partial charge in [0.2, 0.25) is 94.5 Å². The van der Waals surface area contributed by atoms with Crippen LogP contribution in [0.4, 0.5) is 4.79 Å². The van der Waals surface area contributed by atoms with E-state index in [1.54, 1.807) is 66.9 Å². The average molecular weight is 1890 g/mol. The number of hydrogen-bond donors (Lipinski definition) is 22. The molecule has 0 radical (unpaired) electrons. The van der Waals surface area contributed by atoms with Crippen LogP contribution in [0.3, 0.4) is 0 Å². The van der Waals surface area contributed by atoms with Crippen LogP contribution in [-0.4, -0.2) is 237 Å². The van der Waals surface area contributed by atoms with Crippen LogP contribution < -0.4 is 114 Å². The Morgan fingerprint density at radius 3 is 1.77 bits per heavy atom. The molecule has 5 aromatic rings.